The molecule has 0 atom stereocenters. The van der Waals surface area contributed by atoms with Gasteiger partial charge in [0.25, 0.3) is 0 Å². The van der Waals surface area contributed by atoms with Gasteiger partial charge in [-0.25, -0.2) is 0 Å². The molecule has 1 aromatic carbocycles. The first-order valence-electron chi connectivity index (χ1n) is 4.70. The van der Waals surface area contributed by atoms with Crippen LogP contribution in [0.15, 0.2) is 24.3 Å². The number of hydrogen-bond acceptors (Lipinski definition) is 2. The van der Waals surface area contributed by atoms with E-state index in [1.165, 1.54) is 0 Å². The van der Waals surface area contributed by atoms with Crippen LogP contribution in [0.5, 0.6) is 5.75 Å². The highest BCUT2D eigenvalue weighted by atomic mass is 16.3. The Bertz CT molecular complexity index is 290. The second-order valence-electron chi connectivity index (χ2n) is 3.78. The lowest BCUT2D eigenvalue weighted by Crippen LogP contribution is -2.24. The molecule has 0 radical (unpaired) electrons. The topological polar surface area (TPSA) is 40.5 Å². The molecule has 1 aliphatic carbocycles. The molecule has 0 bridgehead atoms. The van der Waals surface area contributed by atoms with Gasteiger partial charge in [-0.05, 0) is 36.3 Å². The fraction of sp³-hybridized carbons (Fsp3) is 0.455. The molecule has 1 saturated carbocycles. The van der Waals surface area contributed by atoms with Crippen molar-refractivity contribution in [2.75, 3.05) is 6.61 Å². The number of para-hydroxylation sites is 1. The summed E-state index contributed by atoms with van der Waals surface area (Å²) < 4.78 is 0. The lowest BCUT2D eigenvalue weighted by Gasteiger charge is -2.34. The fourth-order valence-corrected chi connectivity index (χ4v) is 1.97. The van der Waals surface area contributed by atoms with Crippen LogP contribution >= 0.6 is 0 Å². The van der Waals surface area contributed by atoms with Gasteiger partial charge in [0.1, 0.15) is 5.75 Å². The van der Waals surface area contributed by atoms with Gasteiger partial charge in [-0.3, -0.25) is 0 Å². The van der Waals surface area contributed by atoms with Crippen LogP contribution in [-0.2, 0) is 0 Å². The van der Waals surface area contributed by atoms with Crippen molar-refractivity contribution in [3.8, 4) is 5.75 Å². The van der Waals surface area contributed by atoms with E-state index < -0.39 is 0 Å². The molecule has 1 aliphatic rings. The van der Waals surface area contributed by atoms with Gasteiger partial charge in [0.05, 0.1) is 0 Å². The lowest BCUT2D eigenvalue weighted by molar-refractivity contribution is 0.141. The van der Waals surface area contributed by atoms with Gasteiger partial charge in [0, 0.05) is 6.61 Å². The third-order valence-corrected chi connectivity index (χ3v) is 2.87. The zero-order valence-corrected chi connectivity index (χ0v) is 7.48. The van der Waals surface area contributed by atoms with Crippen molar-refractivity contribution in [3.05, 3.63) is 29.8 Å². The summed E-state index contributed by atoms with van der Waals surface area (Å²) in [5, 5.41) is 18.4. The predicted molar refractivity (Wildman–Crippen MR) is 50.7 cm³/mol. The SMILES string of the molecule is OCC1CC(c2ccccc2O)C1. The number of benzene rings is 1. The largest absolute Gasteiger partial charge is 0.508 e. The van der Waals surface area contributed by atoms with Crippen LogP contribution in [-0.4, -0.2) is 16.8 Å². The maximum absolute atomic E-state index is 9.54. The Morgan fingerprint density at radius 3 is 2.54 bits per heavy atom. The van der Waals surface area contributed by atoms with Crippen molar-refractivity contribution in [1.29, 1.82) is 0 Å². The Hall–Kier alpha value is -1.02. The normalized spacial score (nSPS) is 26.8. The molecule has 2 heteroatoms. The minimum atomic E-state index is 0.282. The quantitative estimate of drug-likeness (QED) is 0.726. The van der Waals surface area contributed by atoms with Crippen LogP contribution in [0.4, 0.5) is 0 Å². The molecule has 1 aromatic rings. The molecule has 0 heterocycles. The first-order valence-corrected chi connectivity index (χ1v) is 4.70. The summed E-state index contributed by atoms with van der Waals surface area (Å²) in [6, 6.07) is 7.47. The van der Waals surface area contributed by atoms with Gasteiger partial charge in [0.2, 0.25) is 0 Å². The van der Waals surface area contributed by atoms with Crippen LogP contribution in [0, 0.1) is 5.92 Å². The molecule has 0 aliphatic heterocycles. The van der Waals surface area contributed by atoms with Crippen molar-refractivity contribution in [2.24, 2.45) is 5.92 Å². The highest BCUT2D eigenvalue weighted by Crippen LogP contribution is 2.43. The third kappa shape index (κ3) is 1.54. The van der Waals surface area contributed by atoms with Gasteiger partial charge in [-0.1, -0.05) is 18.2 Å². The highest BCUT2D eigenvalue weighted by molar-refractivity contribution is 5.36. The van der Waals surface area contributed by atoms with E-state index in [0.717, 1.165) is 18.4 Å². The van der Waals surface area contributed by atoms with Crippen molar-refractivity contribution >= 4 is 0 Å². The van der Waals surface area contributed by atoms with E-state index in [2.05, 4.69) is 0 Å². The maximum atomic E-state index is 9.54. The molecule has 0 unspecified atom stereocenters. The standard InChI is InChI=1S/C11H14O2/c12-7-8-5-9(6-8)10-3-1-2-4-11(10)13/h1-4,8-9,12-13H,5-7H2. The molecule has 70 valence electrons. The zero-order chi connectivity index (χ0) is 9.26. The van der Waals surface area contributed by atoms with Crippen LogP contribution in [0.1, 0.15) is 24.3 Å². The molecule has 1 fully saturated rings. The Labute approximate surface area is 77.8 Å². The second-order valence-corrected chi connectivity index (χ2v) is 3.78. The number of hydrogen-bond donors (Lipinski definition) is 2. The summed E-state index contributed by atoms with van der Waals surface area (Å²) in [7, 11) is 0. The predicted octanol–water partition coefficient (Wildman–Crippen LogP) is 1.88. The van der Waals surface area contributed by atoms with Crippen molar-refractivity contribution in [3.63, 3.8) is 0 Å². The number of rotatable bonds is 2. The number of phenolic OH excluding ortho intramolecular Hbond substituents is 1. The Kier molecular flexibility index (Phi) is 2.23. The molecule has 0 amide bonds. The first-order chi connectivity index (χ1) is 6.31. The van der Waals surface area contributed by atoms with E-state index in [4.69, 9.17) is 5.11 Å². The first kappa shape index (κ1) is 8.57. The number of aliphatic hydroxyl groups is 1. The monoisotopic (exact) mass is 178 g/mol. The number of aromatic hydroxyl groups is 1. The lowest BCUT2D eigenvalue weighted by atomic mass is 9.71. The summed E-state index contributed by atoms with van der Waals surface area (Å²) in [5.41, 5.74) is 1.03. The third-order valence-electron chi connectivity index (χ3n) is 2.87. The average Bonchev–Trinajstić information content (AvgIpc) is 2.06. The minimum absolute atomic E-state index is 0.282. The van der Waals surface area contributed by atoms with E-state index in [1.54, 1.807) is 6.07 Å². The van der Waals surface area contributed by atoms with E-state index in [-0.39, 0.29) is 6.61 Å². The Balaban J connectivity index is 2.07. The fourth-order valence-electron chi connectivity index (χ4n) is 1.97. The number of aliphatic hydroxyl groups excluding tert-OH is 1. The van der Waals surface area contributed by atoms with Crippen LogP contribution < -0.4 is 0 Å². The molecule has 2 N–H and O–H groups in total. The average molecular weight is 178 g/mol. The van der Waals surface area contributed by atoms with Gasteiger partial charge in [0.15, 0.2) is 0 Å². The molecular formula is C11H14O2. The summed E-state index contributed by atoms with van der Waals surface area (Å²) in [5.74, 6) is 1.30. The van der Waals surface area contributed by atoms with Crippen LogP contribution in [0.3, 0.4) is 0 Å². The van der Waals surface area contributed by atoms with E-state index in [9.17, 15) is 5.11 Å². The summed E-state index contributed by atoms with van der Waals surface area (Å²) in [6.07, 6.45) is 2.02. The second kappa shape index (κ2) is 3.38. The van der Waals surface area contributed by atoms with Crippen LogP contribution in [0.2, 0.25) is 0 Å². The molecular weight excluding hydrogens is 164 g/mol. The van der Waals surface area contributed by atoms with Crippen LogP contribution in [0.25, 0.3) is 0 Å². The van der Waals surface area contributed by atoms with E-state index in [0.29, 0.717) is 17.6 Å². The van der Waals surface area contributed by atoms with E-state index in [1.807, 2.05) is 18.2 Å². The summed E-state index contributed by atoms with van der Waals surface area (Å²) in [4.78, 5) is 0. The van der Waals surface area contributed by atoms with Crippen molar-refractivity contribution in [2.45, 2.75) is 18.8 Å². The van der Waals surface area contributed by atoms with E-state index >= 15 is 0 Å². The summed E-state index contributed by atoms with van der Waals surface area (Å²) in [6.45, 7) is 0.282. The minimum Gasteiger partial charge on any atom is -0.508 e. The highest BCUT2D eigenvalue weighted by Gasteiger charge is 2.30. The smallest absolute Gasteiger partial charge is 0.119 e. The molecule has 0 aromatic heterocycles. The molecule has 0 spiro atoms. The Morgan fingerprint density at radius 2 is 1.92 bits per heavy atom. The van der Waals surface area contributed by atoms with Gasteiger partial charge in [-0.15, -0.1) is 0 Å². The molecule has 2 rings (SSSR count). The molecule has 2 nitrogen and oxygen atoms in total. The zero-order valence-electron chi connectivity index (χ0n) is 7.48. The molecule has 0 saturated heterocycles. The maximum Gasteiger partial charge on any atom is 0.119 e. The van der Waals surface area contributed by atoms with Gasteiger partial charge in [-0.2, -0.15) is 0 Å². The van der Waals surface area contributed by atoms with Crippen molar-refractivity contribution in [1.82, 2.24) is 0 Å². The van der Waals surface area contributed by atoms with Crippen molar-refractivity contribution < 1.29 is 10.2 Å². The number of phenols is 1. The molecule has 13 heavy (non-hydrogen) atoms. The Morgan fingerprint density at radius 1 is 1.23 bits per heavy atom. The summed E-state index contributed by atoms with van der Waals surface area (Å²) >= 11 is 0. The van der Waals surface area contributed by atoms with Gasteiger partial charge < -0.3 is 10.2 Å². The van der Waals surface area contributed by atoms with Gasteiger partial charge >= 0.3 is 0 Å².